The van der Waals surface area contributed by atoms with Gasteiger partial charge in [-0.3, -0.25) is 19.2 Å². The highest BCUT2D eigenvalue weighted by molar-refractivity contribution is 6.58. The number of hydrogen-bond donors (Lipinski definition) is 1. The highest BCUT2D eigenvalue weighted by Gasteiger charge is 2.77. The molecule has 2 aliphatic carbocycles. The van der Waals surface area contributed by atoms with Crippen molar-refractivity contribution in [3.05, 3.63) is 83.7 Å². The van der Waals surface area contributed by atoms with E-state index in [9.17, 15) is 33.5 Å². The first-order valence-corrected chi connectivity index (χ1v) is 14.6. The Hall–Kier alpha value is -4.28. The molecular formula is C32H23Cl2FN2O7. The third-order valence-corrected chi connectivity index (χ3v) is 10.9. The molecule has 3 aromatic rings. The van der Waals surface area contributed by atoms with Crippen molar-refractivity contribution in [1.29, 1.82) is 0 Å². The molecule has 4 aliphatic rings. The van der Waals surface area contributed by atoms with Crippen LogP contribution >= 0.6 is 23.2 Å². The van der Waals surface area contributed by atoms with E-state index >= 15 is 0 Å². The molecular weight excluding hydrogens is 614 g/mol. The summed E-state index contributed by atoms with van der Waals surface area (Å²) < 4.78 is 18.5. The number of carbonyl (C=O) groups excluding carboxylic acids is 5. The van der Waals surface area contributed by atoms with Crippen LogP contribution in [0.3, 0.4) is 0 Å². The van der Waals surface area contributed by atoms with Gasteiger partial charge in [0.2, 0.25) is 11.8 Å². The summed E-state index contributed by atoms with van der Waals surface area (Å²) in [7, 11) is 1.05. The van der Waals surface area contributed by atoms with E-state index in [4.69, 9.17) is 27.9 Å². The van der Waals surface area contributed by atoms with E-state index in [1.807, 2.05) is 0 Å². The number of allylic oxidation sites excluding steroid dienone is 2. The molecule has 3 fully saturated rings. The van der Waals surface area contributed by atoms with Crippen molar-refractivity contribution in [1.82, 2.24) is 4.90 Å². The van der Waals surface area contributed by atoms with Crippen molar-refractivity contribution in [2.45, 2.75) is 28.5 Å². The fourth-order valence-corrected chi connectivity index (χ4v) is 8.49. The van der Waals surface area contributed by atoms with Crippen LogP contribution in [0, 0.1) is 23.6 Å². The maximum absolute atomic E-state index is 14.5. The molecule has 1 saturated carbocycles. The van der Waals surface area contributed by atoms with E-state index in [1.165, 1.54) is 18.2 Å². The van der Waals surface area contributed by atoms with E-state index in [2.05, 4.69) is 0 Å². The molecule has 2 saturated heterocycles. The Balaban J connectivity index is 1.49. The van der Waals surface area contributed by atoms with E-state index in [1.54, 1.807) is 36.4 Å². The van der Waals surface area contributed by atoms with Crippen LogP contribution in [0.25, 0.3) is 10.8 Å². The summed E-state index contributed by atoms with van der Waals surface area (Å²) in [5.74, 6) is -8.34. The fraction of sp³-hybridized carbons (Fsp3) is 0.281. The standard InChI is InChI=1S/C32H23Cl2FN2O7/c1-44-30(43)37-26(39)20-12-11-19-21(23(20)27(37)40)14-31(33)28(41)36(17-9-7-16(35)8-10-17)29(42)32(31,34)25(19)24-18-5-3-2-4-15(18)6-13-22(24)38/h2-11,13,20-21,23,25,38H,12,14H2,1H3. The van der Waals surface area contributed by atoms with Gasteiger partial charge in [-0.25, -0.2) is 14.1 Å². The Labute approximate surface area is 259 Å². The van der Waals surface area contributed by atoms with Crippen molar-refractivity contribution >= 4 is 69.4 Å². The minimum absolute atomic E-state index is 0.0304. The number of phenols is 1. The summed E-state index contributed by atoms with van der Waals surface area (Å²) in [4.78, 5) is 65.1. The van der Waals surface area contributed by atoms with Crippen molar-refractivity contribution in [3.63, 3.8) is 0 Å². The van der Waals surface area contributed by atoms with Crippen molar-refractivity contribution in [2.24, 2.45) is 17.8 Å². The number of likely N-dealkylation sites (tertiary alicyclic amines) is 1. The fourth-order valence-electron chi connectivity index (χ4n) is 7.57. The average Bonchev–Trinajstić information content (AvgIpc) is 3.35. The number of benzene rings is 3. The predicted molar refractivity (Wildman–Crippen MR) is 156 cm³/mol. The van der Waals surface area contributed by atoms with Gasteiger partial charge in [0, 0.05) is 11.5 Å². The highest BCUT2D eigenvalue weighted by atomic mass is 35.5. The van der Waals surface area contributed by atoms with Crippen LogP contribution in [0.1, 0.15) is 24.3 Å². The average molecular weight is 637 g/mol. The Morgan fingerprint density at radius 2 is 1.66 bits per heavy atom. The van der Waals surface area contributed by atoms with Gasteiger partial charge in [0.1, 0.15) is 11.6 Å². The van der Waals surface area contributed by atoms with Crippen molar-refractivity contribution in [2.75, 3.05) is 12.0 Å². The first-order chi connectivity index (χ1) is 21.0. The number of phenolic OH excluding ortho intramolecular Hbond substituents is 1. The molecule has 12 heteroatoms. The van der Waals surface area contributed by atoms with Crippen molar-refractivity contribution in [3.8, 4) is 5.75 Å². The lowest BCUT2D eigenvalue weighted by Gasteiger charge is -2.51. The number of rotatable bonds is 2. The summed E-state index contributed by atoms with van der Waals surface area (Å²) in [6.07, 6.45) is 0.270. The molecule has 7 rings (SSSR count). The van der Waals surface area contributed by atoms with Gasteiger partial charge in [0.05, 0.1) is 24.6 Å². The molecule has 1 N–H and O–H groups in total. The zero-order valence-corrected chi connectivity index (χ0v) is 24.5. The molecule has 0 bridgehead atoms. The van der Waals surface area contributed by atoms with Crippen molar-refractivity contribution < 1.29 is 38.2 Å². The lowest BCUT2D eigenvalue weighted by atomic mass is 9.56. The molecule has 44 heavy (non-hydrogen) atoms. The second-order valence-electron chi connectivity index (χ2n) is 11.5. The van der Waals surface area contributed by atoms with Crippen LogP contribution in [-0.4, -0.2) is 56.6 Å². The summed E-state index contributed by atoms with van der Waals surface area (Å²) >= 11 is 14.7. The minimum atomic E-state index is -2.22. The molecule has 0 radical (unpaired) electrons. The number of alkyl halides is 2. The minimum Gasteiger partial charge on any atom is -0.508 e. The maximum atomic E-state index is 14.5. The summed E-state index contributed by atoms with van der Waals surface area (Å²) in [5.41, 5.74) is 0.705. The van der Waals surface area contributed by atoms with E-state index < -0.39 is 69.0 Å². The van der Waals surface area contributed by atoms with E-state index in [0.29, 0.717) is 21.2 Å². The monoisotopic (exact) mass is 636 g/mol. The predicted octanol–water partition coefficient (Wildman–Crippen LogP) is 5.01. The van der Waals surface area contributed by atoms with Gasteiger partial charge in [-0.1, -0.05) is 42.0 Å². The van der Waals surface area contributed by atoms with Crippen LogP contribution in [-0.2, 0) is 23.9 Å². The van der Waals surface area contributed by atoms with Crippen LogP contribution in [0.15, 0.2) is 72.3 Å². The number of imide groups is 4. The van der Waals surface area contributed by atoms with Gasteiger partial charge in [-0.2, -0.15) is 4.90 Å². The Kier molecular flexibility index (Phi) is 6.22. The number of methoxy groups -OCH3 is 1. The largest absolute Gasteiger partial charge is 0.508 e. The molecule has 2 heterocycles. The Bertz CT molecular complexity index is 1860. The lowest BCUT2D eigenvalue weighted by Crippen LogP contribution is -2.60. The van der Waals surface area contributed by atoms with Gasteiger partial charge in [0.25, 0.3) is 11.8 Å². The second-order valence-corrected chi connectivity index (χ2v) is 12.7. The molecule has 0 aromatic heterocycles. The zero-order valence-electron chi connectivity index (χ0n) is 23.0. The van der Waals surface area contributed by atoms with Gasteiger partial charge < -0.3 is 9.84 Å². The summed E-state index contributed by atoms with van der Waals surface area (Å²) in [5, 5.41) is 12.6. The smallest absolute Gasteiger partial charge is 0.423 e. The number of anilines is 1. The SMILES string of the molecule is COC(=O)N1C(=O)C2CC=C3C(CC4(Cl)C(=O)N(c5ccc(F)cc5)C(=O)C4(Cl)C3c3c(O)ccc4ccccc34)C2C1=O. The first kappa shape index (κ1) is 28.5. The number of halogens is 3. The Morgan fingerprint density at radius 3 is 2.36 bits per heavy atom. The van der Waals surface area contributed by atoms with E-state index in [-0.39, 0.29) is 29.8 Å². The van der Waals surface area contributed by atoms with Gasteiger partial charge in [-0.15, -0.1) is 23.2 Å². The normalized spacial score (nSPS) is 31.1. The number of amides is 5. The number of carbonyl (C=O) groups is 5. The van der Waals surface area contributed by atoms with E-state index in [0.717, 1.165) is 24.1 Å². The van der Waals surface area contributed by atoms with Crippen LogP contribution < -0.4 is 4.90 Å². The second kappa shape index (κ2) is 9.61. The highest BCUT2D eigenvalue weighted by Crippen LogP contribution is 2.67. The third kappa shape index (κ3) is 3.49. The molecule has 0 spiro atoms. The topological polar surface area (TPSA) is 121 Å². The van der Waals surface area contributed by atoms with Crippen LogP contribution in [0.5, 0.6) is 5.75 Å². The number of ether oxygens (including phenoxy) is 1. The Morgan fingerprint density at radius 1 is 0.955 bits per heavy atom. The quantitative estimate of drug-likeness (QED) is 0.238. The molecule has 3 aromatic carbocycles. The molecule has 9 nitrogen and oxygen atoms in total. The lowest BCUT2D eigenvalue weighted by molar-refractivity contribution is -0.138. The first-order valence-electron chi connectivity index (χ1n) is 13.8. The zero-order chi connectivity index (χ0) is 31.3. The van der Waals surface area contributed by atoms with Crippen LogP contribution in [0.2, 0.25) is 0 Å². The number of aromatic hydroxyl groups is 1. The third-order valence-electron chi connectivity index (χ3n) is 9.49. The van der Waals surface area contributed by atoms with Gasteiger partial charge >= 0.3 is 6.09 Å². The summed E-state index contributed by atoms with van der Waals surface area (Å²) in [6.45, 7) is 0. The number of fused-ring (bicyclic) bond motifs is 5. The number of hydrogen-bond acceptors (Lipinski definition) is 7. The van der Waals surface area contributed by atoms with Gasteiger partial charge in [0.15, 0.2) is 9.75 Å². The molecule has 6 unspecified atom stereocenters. The molecule has 6 atom stereocenters. The molecule has 224 valence electrons. The summed E-state index contributed by atoms with van der Waals surface area (Å²) in [6, 6.07) is 14.9. The van der Waals surface area contributed by atoms with Gasteiger partial charge in [-0.05, 0) is 59.9 Å². The molecule has 2 aliphatic heterocycles. The van der Waals surface area contributed by atoms with Crippen LogP contribution in [0.4, 0.5) is 14.9 Å². The number of nitrogens with zero attached hydrogens (tertiary/aromatic N) is 2. The molecule has 5 amide bonds. The maximum Gasteiger partial charge on any atom is 0.423 e.